The van der Waals surface area contributed by atoms with E-state index < -0.39 is 11.9 Å². The van der Waals surface area contributed by atoms with E-state index in [1.807, 2.05) is 6.92 Å². The fraction of sp³-hybridized carbons (Fsp3) is 0.333. The molecule has 0 bridgehead atoms. The van der Waals surface area contributed by atoms with Gasteiger partial charge in [-0.25, -0.2) is 14.3 Å². The van der Waals surface area contributed by atoms with E-state index in [4.69, 9.17) is 0 Å². The fourth-order valence-electron chi connectivity index (χ4n) is 1.62. The Morgan fingerprint density at radius 3 is 2.89 bits per heavy atom. The van der Waals surface area contributed by atoms with Gasteiger partial charge in [-0.2, -0.15) is 0 Å². The number of hydrogen-bond donors (Lipinski definition) is 2. The molecule has 0 aliphatic heterocycles. The number of H-pyrrole nitrogens is 1. The predicted molar refractivity (Wildman–Crippen MR) is 69.7 cm³/mol. The quantitative estimate of drug-likeness (QED) is 0.899. The molecule has 7 heteroatoms. The zero-order valence-electron chi connectivity index (χ0n) is 10.6. The number of aromatic nitrogens is 3. The normalized spacial score (nSPS) is 12.6. The maximum atomic E-state index is 13.9. The van der Waals surface area contributed by atoms with Crippen LogP contribution in [0.5, 0.6) is 0 Å². The monoisotopic (exact) mass is 283 g/mol. The first kappa shape index (κ1) is 13.8. The highest BCUT2D eigenvalue weighted by molar-refractivity contribution is 7.99. The number of aromatic amines is 1. The van der Waals surface area contributed by atoms with Crippen LogP contribution in [-0.2, 0) is 6.54 Å². The number of rotatable bonds is 4. The summed E-state index contributed by atoms with van der Waals surface area (Å²) in [5.74, 6) is -0.443. The molecule has 0 saturated heterocycles. The first-order valence-electron chi connectivity index (χ1n) is 5.83. The van der Waals surface area contributed by atoms with Crippen LogP contribution in [0.3, 0.4) is 0 Å². The van der Waals surface area contributed by atoms with Gasteiger partial charge in [0.15, 0.2) is 5.16 Å². The molecule has 2 N–H and O–H groups in total. The van der Waals surface area contributed by atoms with Crippen LogP contribution in [0, 0.1) is 5.82 Å². The summed E-state index contributed by atoms with van der Waals surface area (Å²) < 4.78 is 15.3. The first-order valence-corrected chi connectivity index (χ1v) is 6.65. The predicted octanol–water partition coefficient (Wildman–Crippen LogP) is 1.93. The second-order valence-electron chi connectivity index (χ2n) is 4.02. The Kier molecular flexibility index (Phi) is 4.06. The number of nitrogens with zero attached hydrogens (tertiary/aromatic N) is 2. The van der Waals surface area contributed by atoms with E-state index in [1.54, 1.807) is 19.1 Å². The molecule has 0 fully saturated rings. The van der Waals surface area contributed by atoms with Crippen LogP contribution in [0.2, 0.25) is 0 Å². The molecule has 1 aromatic carbocycles. The maximum absolute atomic E-state index is 13.9. The van der Waals surface area contributed by atoms with Gasteiger partial charge in [0.25, 0.3) is 0 Å². The third-order valence-electron chi connectivity index (χ3n) is 2.68. The van der Waals surface area contributed by atoms with E-state index in [1.165, 1.54) is 10.6 Å². The number of hydrogen-bond acceptors (Lipinski definition) is 4. The number of nitrogens with one attached hydrogen (secondary N) is 1. The molecule has 2 aromatic rings. The van der Waals surface area contributed by atoms with Gasteiger partial charge in [-0.1, -0.05) is 6.07 Å². The average molecular weight is 283 g/mol. The van der Waals surface area contributed by atoms with Gasteiger partial charge in [0.2, 0.25) is 0 Å². The minimum atomic E-state index is -0.715. The minimum Gasteiger partial charge on any atom is -0.389 e. The Balaban J connectivity index is 2.31. The molecule has 0 radical (unpaired) electrons. The molecule has 1 unspecified atom stereocenters. The van der Waals surface area contributed by atoms with Gasteiger partial charge < -0.3 is 5.11 Å². The molecule has 1 aromatic heterocycles. The fourth-order valence-corrected chi connectivity index (χ4v) is 2.52. The van der Waals surface area contributed by atoms with Crippen LogP contribution in [0.4, 0.5) is 4.39 Å². The van der Waals surface area contributed by atoms with Crippen molar-refractivity contribution in [1.82, 2.24) is 14.8 Å². The molecular formula is C12H14FN3O2S. The highest BCUT2D eigenvalue weighted by atomic mass is 32.2. The number of aliphatic hydroxyl groups is 1. The van der Waals surface area contributed by atoms with Crippen molar-refractivity contribution in [2.75, 3.05) is 0 Å². The summed E-state index contributed by atoms with van der Waals surface area (Å²) in [5, 5.41) is 16.0. The maximum Gasteiger partial charge on any atom is 0.343 e. The Morgan fingerprint density at radius 2 is 2.32 bits per heavy atom. The van der Waals surface area contributed by atoms with E-state index >= 15 is 0 Å². The van der Waals surface area contributed by atoms with E-state index in [-0.39, 0.29) is 5.69 Å². The van der Waals surface area contributed by atoms with E-state index in [0.29, 0.717) is 22.2 Å². The van der Waals surface area contributed by atoms with Crippen molar-refractivity contribution in [1.29, 1.82) is 0 Å². The second-order valence-corrected chi connectivity index (χ2v) is 5.03. The average Bonchev–Trinajstić information content (AvgIpc) is 2.72. The summed E-state index contributed by atoms with van der Waals surface area (Å²) in [4.78, 5) is 11.8. The molecule has 0 aliphatic rings. The van der Waals surface area contributed by atoms with E-state index in [2.05, 4.69) is 10.2 Å². The first-order chi connectivity index (χ1) is 9.02. The van der Waals surface area contributed by atoms with Crippen LogP contribution in [-0.4, -0.2) is 19.9 Å². The van der Waals surface area contributed by atoms with Crippen molar-refractivity contribution in [2.45, 2.75) is 36.5 Å². The topological polar surface area (TPSA) is 70.9 Å². The molecule has 1 atom stereocenters. The minimum absolute atomic E-state index is 0.314. The number of halogens is 1. The Morgan fingerprint density at radius 1 is 1.58 bits per heavy atom. The molecule has 0 spiro atoms. The summed E-state index contributed by atoms with van der Waals surface area (Å²) in [6.07, 6.45) is -0.715. The molecular weight excluding hydrogens is 269 g/mol. The lowest BCUT2D eigenvalue weighted by Crippen LogP contribution is -2.16. The molecule has 2 rings (SSSR count). The Bertz CT molecular complexity index is 636. The smallest absolute Gasteiger partial charge is 0.343 e. The summed E-state index contributed by atoms with van der Waals surface area (Å²) in [5.41, 5.74) is 0.197. The summed E-state index contributed by atoms with van der Waals surface area (Å²) in [6.45, 7) is 3.85. The van der Waals surface area contributed by atoms with Crippen molar-refractivity contribution < 1.29 is 9.50 Å². The largest absolute Gasteiger partial charge is 0.389 e. The molecule has 0 aliphatic carbocycles. The third-order valence-corrected chi connectivity index (χ3v) is 3.72. The highest BCUT2D eigenvalue weighted by Gasteiger charge is 2.13. The second kappa shape index (κ2) is 5.58. The van der Waals surface area contributed by atoms with Gasteiger partial charge in [-0.05, 0) is 43.3 Å². The summed E-state index contributed by atoms with van der Waals surface area (Å²) >= 11 is 1.07. The van der Waals surface area contributed by atoms with Gasteiger partial charge >= 0.3 is 5.69 Å². The van der Waals surface area contributed by atoms with E-state index in [0.717, 1.165) is 11.8 Å². The van der Waals surface area contributed by atoms with Gasteiger partial charge in [-0.15, -0.1) is 5.10 Å². The van der Waals surface area contributed by atoms with Gasteiger partial charge in [0.05, 0.1) is 11.0 Å². The standard InChI is InChI=1S/C12H14FN3O2S/c1-3-16-11(18)14-15-12(16)19-10-5-4-8(7(2)17)6-9(10)13/h4-7,17H,3H2,1-2H3,(H,14,18). The van der Waals surface area contributed by atoms with Crippen LogP contribution in [0.1, 0.15) is 25.5 Å². The zero-order chi connectivity index (χ0) is 14.0. The number of aliphatic hydroxyl groups excluding tert-OH is 1. The molecule has 5 nitrogen and oxygen atoms in total. The van der Waals surface area contributed by atoms with Gasteiger partial charge in [-0.3, -0.25) is 4.57 Å². The molecule has 19 heavy (non-hydrogen) atoms. The summed E-state index contributed by atoms with van der Waals surface area (Å²) in [7, 11) is 0. The van der Waals surface area contributed by atoms with Crippen molar-refractivity contribution in [2.24, 2.45) is 0 Å². The van der Waals surface area contributed by atoms with Gasteiger partial charge in [0, 0.05) is 6.54 Å². The lowest BCUT2D eigenvalue weighted by Gasteiger charge is -2.07. The van der Waals surface area contributed by atoms with Crippen LogP contribution >= 0.6 is 11.8 Å². The summed E-state index contributed by atoms with van der Waals surface area (Å²) in [6, 6.07) is 4.51. The Hall–Kier alpha value is -1.60. The van der Waals surface area contributed by atoms with Crippen molar-refractivity contribution in [3.63, 3.8) is 0 Å². The van der Waals surface area contributed by atoms with Crippen LogP contribution in [0.15, 0.2) is 33.0 Å². The molecule has 1 heterocycles. The van der Waals surface area contributed by atoms with Gasteiger partial charge in [0.1, 0.15) is 5.82 Å². The lowest BCUT2D eigenvalue weighted by atomic mass is 10.1. The highest BCUT2D eigenvalue weighted by Crippen LogP contribution is 2.29. The molecule has 102 valence electrons. The molecule has 0 saturated carbocycles. The van der Waals surface area contributed by atoms with Crippen molar-refractivity contribution >= 4 is 11.8 Å². The molecule has 0 amide bonds. The van der Waals surface area contributed by atoms with Crippen LogP contribution < -0.4 is 5.69 Å². The zero-order valence-corrected chi connectivity index (χ0v) is 11.4. The van der Waals surface area contributed by atoms with E-state index in [9.17, 15) is 14.3 Å². The SMILES string of the molecule is CCn1c(Sc2ccc(C(C)O)cc2F)n[nH]c1=O. The third kappa shape index (κ3) is 2.87. The van der Waals surface area contributed by atoms with Crippen molar-refractivity contribution in [3.05, 3.63) is 40.1 Å². The Labute approximate surface area is 113 Å². The van der Waals surface area contributed by atoms with Crippen LogP contribution in [0.25, 0.3) is 0 Å². The van der Waals surface area contributed by atoms with Crippen molar-refractivity contribution in [3.8, 4) is 0 Å². The lowest BCUT2D eigenvalue weighted by molar-refractivity contribution is 0.198. The number of benzene rings is 1.